The van der Waals surface area contributed by atoms with Crippen LogP contribution in [0.25, 0.3) is 0 Å². The summed E-state index contributed by atoms with van der Waals surface area (Å²) in [7, 11) is 0. The number of alkyl halides is 4. The van der Waals surface area contributed by atoms with Crippen LogP contribution in [0.15, 0.2) is 25.3 Å². The maximum Gasteiger partial charge on any atom is 0.519 e. The number of nitrogens with two attached hydrogens (primary N) is 1. The molecule has 0 aliphatic heterocycles. The Morgan fingerprint density at radius 3 is 0.823 bits per heavy atom. The molecule has 0 aromatic heterocycles. The molecule has 5 saturated carbocycles. The smallest absolute Gasteiger partial charge is 0.466 e. The number of aldehydes is 1. The Kier molecular flexibility index (Phi) is 45.9. The molecule has 5 rings (SSSR count). The van der Waals surface area contributed by atoms with Crippen molar-refractivity contribution in [2.24, 2.45) is 40.7 Å². The van der Waals surface area contributed by atoms with E-state index in [1.807, 2.05) is 0 Å². The Morgan fingerprint density at radius 2 is 0.605 bits per heavy atom. The molecule has 124 heavy (non-hydrogen) atoms. The molecule has 5 aliphatic carbocycles. The van der Waals surface area contributed by atoms with Gasteiger partial charge in [0.25, 0.3) is 0 Å². The molecule has 0 saturated heterocycles. The number of nitrogens with zero attached hydrogens (tertiary/aromatic N) is 3. The summed E-state index contributed by atoms with van der Waals surface area (Å²) in [6.07, 6.45) is -9.76. The van der Waals surface area contributed by atoms with Gasteiger partial charge in [-0.3, -0.25) is 14.4 Å². The van der Waals surface area contributed by atoms with E-state index < -0.39 is 194 Å². The molecule has 0 aromatic carbocycles. The second-order valence-corrected chi connectivity index (χ2v) is 37.6. The standard InChI is InChI=1S/C18H29NO6.C17H27F2NO6.C17H27NO7.C14H22O4.C10H18O5.C7H11F2NO2.2CH4.ClH/c1-9-12-11-18(12,13(20)23-10-2)19(14(21)24-16(3,4)5)15(22)25-17(6,7)8;1-8-24-12(21)17(9-10(17)11(18)19)20(13(22)25-15(2,3)4)14(23)26-16(5,6)7;1-8-23-12(20)17(9-11(17)10-19)18(13(21)24-15(2,3)4)14(22)25-16(5,6)7;1-6-10-8-14(10,12(16)17-7-2)9-11(15)18-13(3,4)5;1-9(2,3)14-7(11)13-8(12)15-10(4,5)6;1-2-12-6(11)7(10)3-4(7)5(8)9;;;/h9,12H,1,10-11H2,2-8H3;10-11H,8-9H2,1-7H3;10-11H,8-9H2,1-7H3;6,10H,1,7-9H2,2-5H3;1-6H3;4-5H,2-3,10H2,1H3;2*1H4;1H/t12-,18-;10-,17+;11-,17+;10-,14-;;4-,7+;;;/m1001.0.../s1. The number of halogens is 5. The molecular weight excluding hydrogens is 1670 g/mol. The minimum atomic E-state index is -2.92. The second-order valence-electron chi connectivity index (χ2n) is 37.6. The Hall–Kier alpha value is -9.10. The molecule has 10 atom stereocenters. The molecule has 2 N–H and O–H groups in total. The number of hydrogen-bond donors (Lipinski definition) is 1. The van der Waals surface area contributed by atoms with Gasteiger partial charge in [-0.15, -0.1) is 25.6 Å². The molecule has 6 amide bonds. The van der Waals surface area contributed by atoms with Crippen LogP contribution in [0.1, 0.15) is 275 Å². The quantitative estimate of drug-likeness (QED) is 0.0295. The lowest BCUT2D eigenvalue weighted by Gasteiger charge is -2.33. The minimum absolute atomic E-state index is 0. The maximum atomic E-state index is 13.3. The fraction of sp³-hybridized carbons (Fsp3) is 0.776. The number of carbonyl (C=O) groups is 15. The lowest BCUT2D eigenvalue weighted by molar-refractivity contribution is -0.163. The van der Waals surface area contributed by atoms with E-state index in [4.69, 9.17) is 67.3 Å². The van der Waals surface area contributed by atoms with Crippen LogP contribution in [0.5, 0.6) is 0 Å². The predicted octanol–water partition coefficient (Wildman–Crippen LogP) is 17.7. The van der Waals surface area contributed by atoms with E-state index in [9.17, 15) is 89.5 Å². The number of imide groups is 3. The number of rotatable bonds is 20. The van der Waals surface area contributed by atoms with E-state index in [0.29, 0.717) is 29.1 Å². The summed E-state index contributed by atoms with van der Waals surface area (Å²) >= 11 is 0. The van der Waals surface area contributed by atoms with E-state index in [-0.39, 0.29) is 97.2 Å². The van der Waals surface area contributed by atoms with Gasteiger partial charge in [-0.2, -0.15) is 14.7 Å². The lowest BCUT2D eigenvalue weighted by Crippen LogP contribution is -2.55. The van der Waals surface area contributed by atoms with Gasteiger partial charge >= 0.3 is 84.7 Å². The van der Waals surface area contributed by atoms with Gasteiger partial charge in [0.15, 0.2) is 16.6 Å². The highest BCUT2D eigenvalue weighted by Gasteiger charge is 2.74. The van der Waals surface area contributed by atoms with Crippen molar-refractivity contribution >= 4 is 103 Å². The van der Waals surface area contributed by atoms with Crippen LogP contribution in [0, 0.1) is 35.0 Å². The van der Waals surface area contributed by atoms with Crippen molar-refractivity contribution < 1.29 is 161 Å². The SMILES string of the molecule is C.C.C=C[C@@H]1C[C@@]1(C(=O)OCC)N(C(=O)OC(C)(C)C)C(=O)OC(C)(C)C.C=C[C@@H]1C[C@]1(CC(=O)OC(C)(C)C)C(=O)OCC.CC(C)(C)OC(=O)OC(=O)OC(C)(C)C.CCOC(=O)[C@@]1(N(C(=O)OC(C)(C)C)C(=O)OC(C)(C)C)C[C@H]1C(F)F.CCOC(=O)[C@@]1(N(C(=O)OC(C)(C)C)C(=O)OC(C)(C)C)C[C@H]1C=O.CCOC(=O)[C@@]1(N)C[C@H]1C(F)F.Cl. The highest BCUT2D eigenvalue weighted by molar-refractivity contribution is 6.03. The summed E-state index contributed by atoms with van der Waals surface area (Å²) in [5.74, 6) is -7.78. The van der Waals surface area contributed by atoms with E-state index in [0.717, 1.165) is 4.90 Å². The van der Waals surface area contributed by atoms with Gasteiger partial charge in [0.1, 0.15) is 62.2 Å². The zero-order valence-electron chi connectivity index (χ0n) is 77.1. The molecule has 39 heteroatoms. The average molecular weight is 1810 g/mol. The van der Waals surface area contributed by atoms with Gasteiger partial charge in [-0.1, -0.05) is 27.0 Å². The molecule has 0 unspecified atom stereocenters. The second kappa shape index (κ2) is 46.9. The summed E-state index contributed by atoms with van der Waals surface area (Å²) in [6.45, 7) is 60.6. The highest BCUT2D eigenvalue weighted by atomic mass is 35.5. The van der Waals surface area contributed by atoms with E-state index in [1.54, 1.807) is 221 Å². The fourth-order valence-corrected chi connectivity index (χ4v) is 10.9. The minimum Gasteiger partial charge on any atom is -0.466 e. The van der Waals surface area contributed by atoms with Crippen molar-refractivity contribution in [3.8, 4) is 0 Å². The van der Waals surface area contributed by atoms with Crippen molar-refractivity contribution in [1.29, 1.82) is 0 Å². The predicted molar refractivity (Wildman–Crippen MR) is 447 cm³/mol. The maximum absolute atomic E-state index is 13.3. The zero-order valence-corrected chi connectivity index (χ0v) is 77.9. The molecule has 5 aliphatic rings. The van der Waals surface area contributed by atoms with Gasteiger partial charge in [0, 0.05) is 5.92 Å². The Bertz CT molecular complexity index is 3460. The van der Waals surface area contributed by atoms with Gasteiger partial charge in [-0.25, -0.2) is 70.3 Å². The molecule has 34 nitrogen and oxygen atoms in total. The van der Waals surface area contributed by atoms with Crippen molar-refractivity contribution in [2.75, 3.05) is 33.0 Å². The van der Waals surface area contributed by atoms with Crippen LogP contribution >= 0.6 is 12.4 Å². The lowest BCUT2D eigenvalue weighted by atomic mass is 9.99. The van der Waals surface area contributed by atoms with Crippen LogP contribution in [0.4, 0.5) is 55.9 Å². The van der Waals surface area contributed by atoms with Crippen LogP contribution in [-0.2, 0) is 105 Å². The summed E-state index contributed by atoms with van der Waals surface area (Å²) in [5, 5.41) is 0. The fourth-order valence-electron chi connectivity index (χ4n) is 10.9. The van der Waals surface area contributed by atoms with Crippen LogP contribution in [0.2, 0.25) is 0 Å². The topological polar surface area (TPSA) is 430 Å². The molecule has 718 valence electrons. The molecule has 0 bridgehead atoms. The van der Waals surface area contributed by atoms with Crippen LogP contribution < -0.4 is 5.73 Å². The van der Waals surface area contributed by atoms with Crippen molar-refractivity contribution in [1.82, 2.24) is 14.7 Å². The van der Waals surface area contributed by atoms with E-state index >= 15 is 0 Å². The van der Waals surface area contributed by atoms with Gasteiger partial charge in [-0.05, 0) is 260 Å². The first-order chi connectivity index (χ1) is 54.5. The van der Waals surface area contributed by atoms with Gasteiger partial charge in [0.2, 0.25) is 12.9 Å². The third-order valence-electron chi connectivity index (χ3n) is 16.2. The van der Waals surface area contributed by atoms with Crippen LogP contribution in [0.3, 0.4) is 0 Å². The van der Waals surface area contributed by atoms with Crippen LogP contribution in [-0.4, -0.2) is 224 Å². The third-order valence-corrected chi connectivity index (χ3v) is 16.2. The number of allylic oxidation sites excluding steroid dienone is 1. The van der Waals surface area contributed by atoms with Gasteiger partial charge < -0.3 is 81.6 Å². The van der Waals surface area contributed by atoms with Gasteiger partial charge in [0.05, 0.1) is 62.6 Å². The summed E-state index contributed by atoms with van der Waals surface area (Å²) in [5.41, 5.74) is -9.54. The normalized spacial score (nSPS) is 22.4. The summed E-state index contributed by atoms with van der Waals surface area (Å²) in [4.78, 5) is 183. The first-order valence-corrected chi connectivity index (χ1v) is 39.5. The molecule has 5 fully saturated rings. The number of amides is 6. The molecule has 0 aromatic rings. The summed E-state index contributed by atoms with van der Waals surface area (Å²) < 4.78 is 126. The largest absolute Gasteiger partial charge is 0.519 e. The Morgan fingerprint density at radius 1 is 0.355 bits per heavy atom. The van der Waals surface area contributed by atoms with Crippen molar-refractivity contribution in [3.63, 3.8) is 0 Å². The monoisotopic (exact) mass is 1810 g/mol. The number of ether oxygens (including phenoxy) is 15. The number of carbonyl (C=O) groups excluding carboxylic acids is 15. The third kappa shape index (κ3) is 38.8. The first-order valence-electron chi connectivity index (χ1n) is 39.5. The number of hydrogen-bond acceptors (Lipinski definition) is 31. The van der Waals surface area contributed by atoms with E-state index in [2.05, 4.69) is 22.6 Å². The molecule has 0 spiro atoms. The van der Waals surface area contributed by atoms with Crippen molar-refractivity contribution in [3.05, 3.63) is 25.3 Å². The van der Waals surface area contributed by atoms with Crippen molar-refractivity contribution in [2.45, 2.75) is 360 Å². The average Bonchev–Trinajstić information content (AvgIpc) is 1.56. The first kappa shape index (κ1) is 121. The highest BCUT2D eigenvalue weighted by Crippen LogP contribution is 2.58. The number of esters is 6. The molecule has 0 heterocycles. The van der Waals surface area contributed by atoms with E-state index in [1.165, 1.54) is 13.0 Å². The molecule has 0 radical (unpaired) electrons. The Labute approximate surface area is 735 Å². The summed E-state index contributed by atoms with van der Waals surface area (Å²) in [6, 6.07) is 0. The Balaban J connectivity index is -0.000000705. The molecular formula is C85H143ClF4N4O30. The zero-order chi connectivity index (χ0) is 95.4.